The van der Waals surface area contributed by atoms with Crippen LogP contribution >= 0.6 is 0 Å². The Morgan fingerprint density at radius 1 is 1.00 bits per heavy atom. The van der Waals surface area contributed by atoms with E-state index in [0.29, 0.717) is 22.1 Å². The molecule has 0 saturated heterocycles. The van der Waals surface area contributed by atoms with Crippen molar-refractivity contribution in [2.45, 2.75) is 6.04 Å². The van der Waals surface area contributed by atoms with Crippen LogP contribution in [-0.4, -0.2) is 28.2 Å². The molecule has 4 rings (SSSR count). The number of aromatic amines is 1. The van der Waals surface area contributed by atoms with Crippen molar-refractivity contribution in [3.63, 3.8) is 0 Å². The van der Waals surface area contributed by atoms with Gasteiger partial charge in [0.25, 0.3) is 17.4 Å². The number of carbonyl (C=O) groups is 2. The van der Waals surface area contributed by atoms with Crippen molar-refractivity contribution in [1.82, 2.24) is 20.9 Å². The van der Waals surface area contributed by atoms with Gasteiger partial charge in [0.15, 0.2) is 6.04 Å². The van der Waals surface area contributed by atoms with Crippen LogP contribution in [0.25, 0.3) is 10.8 Å². The van der Waals surface area contributed by atoms with Gasteiger partial charge in [0.2, 0.25) is 0 Å². The quantitative estimate of drug-likeness (QED) is 0.328. The van der Waals surface area contributed by atoms with Crippen LogP contribution in [0.1, 0.15) is 27.9 Å². The zero-order chi connectivity index (χ0) is 21.6. The van der Waals surface area contributed by atoms with Crippen molar-refractivity contribution in [3.05, 3.63) is 100 Å². The molecule has 4 aromatic rings. The third-order valence-electron chi connectivity index (χ3n) is 4.48. The second kappa shape index (κ2) is 8.87. The minimum absolute atomic E-state index is 0.185. The molecule has 0 aliphatic heterocycles. The number of nitrogens with one attached hydrogen (secondary N) is 3. The lowest BCUT2D eigenvalue weighted by atomic mass is 10.0. The molecule has 3 N–H and O–H groups in total. The summed E-state index contributed by atoms with van der Waals surface area (Å²) in [6, 6.07) is 17.3. The van der Waals surface area contributed by atoms with E-state index in [9.17, 15) is 14.4 Å². The maximum absolute atomic E-state index is 13.0. The summed E-state index contributed by atoms with van der Waals surface area (Å²) < 4.78 is 5.13. The number of hydrogen-bond donors (Lipinski definition) is 3. The summed E-state index contributed by atoms with van der Waals surface area (Å²) in [5, 5.41) is 13.8. The van der Waals surface area contributed by atoms with Gasteiger partial charge in [-0.3, -0.25) is 14.4 Å². The Bertz CT molecular complexity index is 1300. The largest absolute Gasteiger partial charge is 0.463 e. The smallest absolute Gasteiger partial charge is 0.272 e. The zero-order valence-corrected chi connectivity index (χ0v) is 16.1. The Morgan fingerprint density at radius 2 is 1.74 bits per heavy atom. The third kappa shape index (κ3) is 4.40. The molecule has 0 bridgehead atoms. The lowest BCUT2D eigenvalue weighted by molar-refractivity contribution is -0.123. The van der Waals surface area contributed by atoms with Gasteiger partial charge in [0.05, 0.1) is 17.9 Å². The fraction of sp³-hybridized carbons (Fsp3) is 0.0455. The molecular weight excluding hydrogens is 398 g/mol. The van der Waals surface area contributed by atoms with Gasteiger partial charge in [-0.1, -0.05) is 36.4 Å². The molecule has 2 amide bonds. The van der Waals surface area contributed by atoms with E-state index in [1.165, 1.54) is 12.5 Å². The van der Waals surface area contributed by atoms with Crippen molar-refractivity contribution in [2.24, 2.45) is 5.10 Å². The Balaban J connectivity index is 1.69. The summed E-state index contributed by atoms with van der Waals surface area (Å²) in [7, 11) is 0. The average Bonchev–Trinajstić information content (AvgIpc) is 3.32. The third-order valence-corrected chi connectivity index (χ3v) is 4.48. The van der Waals surface area contributed by atoms with Crippen LogP contribution in [0.5, 0.6) is 0 Å². The molecule has 9 heteroatoms. The van der Waals surface area contributed by atoms with E-state index in [-0.39, 0.29) is 5.69 Å². The zero-order valence-electron chi connectivity index (χ0n) is 16.1. The van der Waals surface area contributed by atoms with E-state index in [1.807, 2.05) is 0 Å². The predicted octanol–water partition coefficient (Wildman–Crippen LogP) is 2.14. The number of benzene rings is 2. The number of hydrazone groups is 1. The molecule has 0 radical (unpaired) electrons. The van der Waals surface area contributed by atoms with Crippen molar-refractivity contribution in [1.29, 1.82) is 0 Å². The van der Waals surface area contributed by atoms with Crippen molar-refractivity contribution >= 4 is 28.8 Å². The summed E-state index contributed by atoms with van der Waals surface area (Å²) in [5.74, 6) is -0.678. The molecule has 0 unspecified atom stereocenters. The number of fused-ring (bicyclic) bond motifs is 1. The van der Waals surface area contributed by atoms with Crippen LogP contribution in [0.4, 0.5) is 0 Å². The van der Waals surface area contributed by atoms with Crippen LogP contribution in [0.3, 0.4) is 0 Å². The standard InChI is InChI=1S/C22H17N5O4/c28-20(14-7-2-1-3-8-14)24-19(22(30)26-23-13-15-9-6-12-31-15)18-16-10-4-5-11-17(16)21(29)27-25-18/h1-13,19H,(H,24,28)(H,26,30)(H,27,29)/b23-13-/t19-/m0/s1. The first-order valence-electron chi connectivity index (χ1n) is 9.33. The van der Waals surface area contributed by atoms with Crippen LogP contribution < -0.4 is 16.3 Å². The van der Waals surface area contributed by atoms with Crippen LogP contribution in [0.2, 0.25) is 0 Å². The number of hydrogen-bond acceptors (Lipinski definition) is 6. The molecule has 31 heavy (non-hydrogen) atoms. The van der Waals surface area contributed by atoms with Gasteiger partial charge < -0.3 is 9.73 Å². The average molecular weight is 415 g/mol. The maximum atomic E-state index is 13.0. The number of aromatic nitrogens is 2. The Labute approximate surface area is 175 Å². The van der Waals surface area contributed by atoms with Crippen molar-refractivity contribution in [2.75, 3.05) is 0 Å². The first-order chi connectivity index (χ1) is 15.1. The van der Waals surface area contributed by atoms with Crippen molar-refractivity contribution in [3.8, 4) is 0 Å². The SMILES string of the molecule is O=C(N[C@H](C(=O)N/N=C\c1ccco1)c1n[nH]c(=O)c2ccccc12)c1ccccc1. The molecule has 0 saturated carbocycles. The first kappa shape index (κ1) is 19.8. The Kier molecular flexibility index (Phi) is 5.66. The molecule has 0 fully saturated rings. The predicted molar refractivity (Wildman–Crippen MR) is 113 cm³/mol. The van der Waals surface area contributed by atoms with Gasteiger partial charge >= 0.3 is 0 Å². The molecule has 154 valence electrons. The molecule has 1 atom stereocenters. The molecule has 0 aliphatic rings. The molecule has 2 heterocycles. The summed E-state index contributed by atoms with van der Waals surface area (Å²) in [4.78, 5) is 37.8. The lowest BCUT2D eigenvalue weighted by Gasteiger charge is -2.18. The normalized spacial score (nSPS) is 12.0. The molecule has 2 aromatic heterocycles. The molecule has 0 aliphatic carbocycles. The highest BCUT2D eigenvalue weighted by molar-refractivity contribution is 5.99. The summed E-state index contributed by atoms with van der Waals surface area (Å²) in [5.41, 5.74) is 2.53. The van der Waals surface area contributed by atoms with Gasteiger partial charge in [-0.25, -0.2) is 10.5 Å². The van der Waals surface area contributed by atoms with E-state index in [4.69, 9.17) is 4.42 Å². The van der Waals surface area contributed by atoms with Crippen molar-refractivity contribution < 1.29 is 14.0 Å². The van der Waals surface area contributed by atoms with E-state index >= 15 is 0 Å². The minimum atomic E-state index is -1.22. The highest BCUT2D eigenvalue weighted by atomic mass is 16.3. The molecule has 0 spiro atoms. The van der Waals surface area contributed by atoms with Gasteiger partial charge in [-0.2, -0.15) is 10.2 Å². The molecule has 2 aromatic carbocycles. The number of H-pyrrole nitrogens is 1. The van der Waals surface area contributed by atoms with Gasteiger partial charge in [0, 0.05) is 10.9 Å². The first-order valence-corrected chi connectivity index (χ1v) is 9.33. The number of furan rings is 1. The summed E-state index contributed by atoms with van der Waals surface area (Å²) >= 11 is 0. The highest BCUT2D eigenvalue weighted by Gasteiger charge is 2.27. The van der Waals surface area contributed by atoms with Crippen LogP contribution in [-0.2, 0) is 4.79 Å². The lowest BCUT2D eigenvalue weighted by Crippen LogP contribution is -2.40. The summed E-state index contributed by atoms with van der Waals surface area (Å²) in [6.07, 6.45) is 2.80. The van der Waals surface area contributed by atoms with Gasteiger partial charge in [0.1, 0.15) is 11.5 Å². The summed E-state index contributed by atoms with van der Waals surface area (Å²) in [6.45, 7) is 0. The molecule has 9 nitrogen and oxygen atoms in total. The number of nitrogens with zero attached hydrogens (tertiary/aromatic N) is 2. The molecular formula is C22H17N5O4. The minimum Gasteiger partial charge on any atom is -0.463 e. The monoisotopic (exact) mass is 415 g/mol. The Morgan fingerprint density at radius 3 is 2.48 bits per heavy atom. The van der Waals surface area contributed by atoms with Crippen LogP contribution in [0, 0.1) is 0 Å². The second-order valence-electron chi connectivity index (χ2n) is 6.51. The van der Waals surface area contributed by atoms with Crippen LogP contribution in [0.15, 0.2) is 87.3 Å². The topological polar surface area (TPSA) is 129 Å². The fourth-order valence-corrected chi connectivity index (χ4v) is 3.01. The number of carbonyl (C=O) groups excluding carboxylic acids is 2. The van der Waals surface area contributed by atoms with E-state index < -0.39 is 23.4 Å². The van der Waals surface area contributed by atoms with Gasteiger partial charge in [-0.05, 0) is 30.3 Å². The highest BCUT2D eigenvalue weighted by Crippen LogP contribution is 2.20. The number of rotatable bonds is 6. The maximum Gasteiger partial charge on any atom is 0.272 e. The number of amides is 2. The fourth-order valence-electron chi connectivity index (χ4n) is 3.01. The Hall–Kier alpha value is -4.53. The van der Waals surface area contributed by atoms with E-state index in [1.54, 1.807) is 66.7 Å². The second-order valence-corrected chi connectivity index (χ2v) is 6.51. The van der Waals surface area contributed by atoms with E-state index in [2.05, 4.69) is 26.0 Å². The van der Waals surface area contributed by atoms with Gasteiger partial charge in [-0.15, -0.1) is 0 Å². The van der Waals surface area contributed by atoms with E-state index in [0.717, 1.165) is 0 Å².